The van der Waals surface area contributed by atoms with Crippen LogP contribution in [0.15, 0.2) is 23.2 Å². The van der Waals surface area contributed by atoms with E-state index in [1.165, 1.54) is 13.8 Å². The van der Waals surface area contributed by atoms with E-state index in [-0.39, 0.29) is 4.90 Å². The molecule has 7 nitrogen and oxygen atoms in total. The van der Waals surface area contributed by atoms with E-state index in [0.717, 1.165) is 18.3 Å². The van der Waals surface area contributed by atoms with Crippen LogP contribution in [-0.2, 0) is 10.0 Å². The molecule has 0 saturated carbocycles. The van der Waals surface area contributed by atoms with Crippen LogP contribution in [0.3, 0.4) is 0 Å². The fourth-order valence-electron chi connectivity index (χ4n) is 1.06. The molecule has 0 saturated heterocycles. The molecule has 1 aromatic rings. The van der Waals surface area contributed by atoms with Gasteiger partial charge < -0.3 is 10.1 Å². The minimum atomic E-state index is -3.85. The van der Waals surface area contributed by atoms with E-state index in [9.17, 15) is 18.5 Å². The van der Waals surface area contributed by atoms with E-state index < -0.39 is 26.3 Å². The zero-order chi connectivity index (χ0) is 14.0. The van der Waals surface area contributed by atoms with Crippen molar-refractivity contribution in [1.29, 1.82) is 0 Å². The third kappa shape index (κ3) is 3.26. The first-order valence-electron chi connectivity index (χ1n) is 4.80. The van der Waals surface area contributed by atoms with Gasteiger partial charge >= 0.3 is 5.82 Å². The van der Waals surface area contributed by atoms with Crippen molar-refractivity contribution >= 4 is 15.8 Å². The van der Waals surface area contributed by atoms with E-state index in [1.54, 1.807) is 0 Å². The summed E-state index contributed by atoms with van der Waals surface area (Å²) in [6, 6.07) is 2.11. The van der Waals surface area contributed by atoms with Gasteiger partial charge in [-0.15, -0.1) is 6.42 Å². The number of sulfonamides is 1. The van der Waals surface area contributed by atoms with Gasteiger partial charge in [0.15, 0.2) is 6.20 Å². The number of pyridine rings is 1. The summed E-state index contributed by atoms with van der Waals surface area (Å²) in [6.45, 7) is 3.03. The fourth-order valence-corrected chi connectivity index (χ4v) is 2.35. The van der Waals surface area contributed by atoms with Gasteiger partial charge in [0.25, 0.3) is 0 Å². The maximum atomic E-state index is 11.9. The van der Waals surface area contributed by atoms with Crippen LogP contribution in [-0.4, -0.2) is 23.9 Å². The van der Waals surface area contributed by atoms with E-state index in [0.29, 0.717) is 0 Å². The van der Waals surface area contributed by atoms with Crippen LogP contribution in [0.5, 0.6) is 0 Å². The molecule has 8 heteroatoms. The first-order chi connectivity index (χ1) is 8.18. The molecule has 0 bridgehead atoms. The molecule has 0 atom stereocenters. The van der Waals surface area contributed by atoms with Gasteiger partial charge in [0.2, 0.25) is 10.0 Å². The fraction of sp³-hybridized carbons (Fsp3) is 0.300. The maximum absolute atomic E-state index is 11.9. The van der Waals surface area contributed by atoms with Crippen LogP contribution < -0.4 is 4.72 Å². The SMILES string of the molecule is C#CC(C)(C)NS(=O)(=O)c1ccc([N+](=O)[O-])nc1. The molecule has 0 spiro atoms. The monoisotopic (exact) mass is 269 g/mol. The number of terminal acetylenes is 1. The quantitative estimate of drug-likeness (QED) is 0.492. The minimum absolute atomic E-state index is 0.184. The molecular weight excluding hydrogens is 258 g/mol. The summed E-state index contributed by atoms with van der Waals surface area (Å²) < 4.78 is 26.0. The first kappa shape index (κ1) is 14.1. The summed E-state index contributed by atoms with van der Waals surface area (Å²) in [4.78, 5) is 12.9. The molecule has 1 N–H and O–H groups in total. The van der Waals surface area contributed by atoms with Crippen molar-refractivity contribution in [1.82, 2.24) is 9.71 Å². The third-order valence-corrected chi connectivity index (χ3v) is 3.61. The highest BCUT2D eigenvalue weighted by Crippen LogP contribution is 2.14. The Labute approximate surface area is 104 Å². The molecule has 18 heavy (non-hydrogen) atoms. The van der Waals surface area contributed by atoms with Gasteiger partial charge in [-0.2, -0.15) is 4.72 Å². The lowest BCUT2D eigenvalue weighted by Crippen LogP contribution is -2.41. The lowest BCUT2D eigenvalue weighted by molar-refractivity contribution is -0.389. The number of hydrogen-bond acceptors (Lipinski definition) is 5. The van der Waals surface area contributed by atoms with Gasteiger partial charge in [0.05, 0.1) is 5.54 Å². The van der Waals surface area contributed by atoms with E-state index in [2.05, 4.69) is 15.6 Å². The van der Waals surface area contributed by atoms with Crippen LogP contribution >= 0.6 is 0 Å². The summed E-state index contributed by atoms with van der Waals surface area (Å²) in [5.41, 5.74) is -1.05. The highest BCUT2D eigenvalue weighted by atomic mass is 32.2. The Morgan fingerprint density at radius 1 is 1.50 bits per heavy atom. The molecule has 0 aliphatic heterocycles. The highest BCUT2D eigenvalue weighted by Gasteiger charge is 2.25. The van der Waals surface area contributed by atoms with Crippen LogP contribution in [0.2, 0.25) is 0 Å². The van der Waals surface area contributed by atoms with Crippen molar-refractivity contribution in [2.24, 2.45) is 0 Å². The molecule has 0 fully saturated rings. The van der Waals surface area contributed by atoms with Gasteiger partial charge in [0, 0.05) is 6.07 Å². The van der Waals surface area contributed by atoms with Gasteiger partial charge in [-0.25, -0.2) is 8.42 Å². The largest absolute Gasteiger partial charge is 0.363 e. The predicted octanol–water partition coefficient (Wildman–Crippen LogP) is 0.680. The summed E-state index contributed by atoms with van der Waals surface area (Å²) in [5.74, 6) is 1.85. The number of hydrogen-bond donors (Lipinski definition) is 1. The van der Waals surface area contributed by atoms with Crippen molar-refractivity contribution in [3.05, 3.63) is 28.4 Å². The molecule has 0 amide bonds. The zero-order valence-electron chi connectivity index (χ0n) is 9.75. The van der Waals surface area contributed by atoms with Gasteiger partial charge in [-0.05, 0) is 29.8 Å². The molecule has 0 aromatic carbocycles. The predicted molar refractivity (Wildman–Crippen MR) is 64.1 cm³/mol. The van der Waals surface area contributed by atoms with Crippen LogP contribution in [0.4, 0.5) is 5.82 Å². The normalized spacial score (nSPS) is 11.8. The summed E-state index contributed by atoms with van der Waals surface area (Å²) in [6.07, 6.45) is 6.08. The third-order valence-electron chi connectivity index (χ3n) is 1.97. The molecule has 0 unspecified atom stereocenters. The Hall–Kier alpha value is -1.98. The average molecular weight is 269 g/mol. The Morgan fingerprint density at radius 2 is 2.11 bits per heavy atom. The standard InChI is InChI=1S/C10H11N3O4S/c1-4-10(2,3)12-18(16,17)8-5-6-9(11-7-8)13(14)15/h1,5-7,12H,2-3H3. The Balaban J connectivity index is 3.08. The molecule has 0 aliphatic rings. The first-order valence-corrected chi connectivity index (χ1v) is 6.28. The van der Waals surface area contributed by atoms with Crippen molar-refractivity contribution in [2.75, 3.05) is 0 Å². The van der Waals surface area contributed by atoms with Crippen molar-refractivity contribution < 1.29 is 13.3 Å². The smallest absolute Gasteiger partial charge is 0.358 e. The molecular formula is C10H11N3O4S. The molecule has 0 radical (unpaired) electrons. The topological polar surface area (TPSA) is 102 Å². The average Bonchev–Trinajstić information content (AvgIpc) is 2.28. The Kier molecular flexibility index (Phi) is 3.69. The minimum Gasteiger partial charge on any atom is -0.358 e. The maximum Gasteiger partial charge on any atom is 0.363 e. The highest BCUT2D eigenvalue weighted by molar-refractivity contribution is 7.89. The van der Waals surface area contributed by atoms with Crippen molar-refractivity contribution in [3.8, 4) is 12.3 Å². The van der Waals surface area contributed by atoms with Crippen LogP contribution in [0, 0.1) is 22.5 Å². The molecule has 0 aliphatic carbocycles. The van der Waals surface area contributed by atoms with Gasteiger partial charge in [0.1, 0.15) is 4.90 Å². The number of aromatic nitrogens is 1. The Bertz CT molecular complexity index is 599. The number of nitrogens with one attached hydrogen (secondary N) is 1. The van der Waals surface area contributed by atoms with E-state index >= 15 is 0 Å². The van der Waals surface area contributed by atoms with Crippen molar-refractivity contribution in [2.45, 2.75) is 24.3 Å². The summed E-state index contributed by atoms with van der Waals surface area (Å²) in [7, 11) is -3.85. The zero-order valence-corrected chi connectivity index (χ0v) is 10.6. The van der Waals surface area contributed by atoms with Gasteiger partial charge in [-0.1, -0.05) is 5.92 Å². The Morgan fingerprint density at radius 3 is 2.50 bits per heavy atom. The second-order valence-corrected chi connectivity index (χ2v) is 5.67. The summed E-state index contributed by atoms with van der Waals surface area (Å²) >= 11 is 0. The van der Waals surface area contributed by atoms with Gasteiger partial charge in [-0.3, -0.25) is 0 Å². The number of rotatable bonds is 4. The molecule has 1 rings (SSSR count). The second-order valence-electron chi connectivity index (χ2n) is 3.98. The van der Waals surface area contributed by atoms with Crippen LogP contribution in [0.1, 0.15) is 13.8 Å². The van der Waals surface area contributed by atoms with Crippen LogP contribution in [0.25, 0.3) is 0 Å². The lowest BCUT2D eigenvalue weighted by Gasteiger charge is -2.18. The second kappa shape index (κ2) is 4.72. The molecule has 96 valence electrons. The number of nitro groups is 1. The van der Waals surface area contributed by atoms with E-state index in [1.807, 2.05) is 0 Å². The lowest BCUT2D eigenvalue weighted by atomic mass is 10.1. The van der Waals surface area contributed by atoms with E-state index in [4.69, 9.17) is 6.42 Å². The number of nitrogens with zero attached hydrogens (tertiary/aromatic N) is 2. The summed E-state index contributed by atoms with van der Waals surface area (Å²) in [5, 5.41) is 10.4. The molecule has 1 heterocycles. The molecule has 1 aromatic heterocycles. The van der Waals surface area contributed by atoms with Crippen molar-refractivity contribution in [3.63, 3.8) is 0 Å².